The smallest absolute Gasteiger partial charge is 0.228 e. The lowest BCUT2D eigenvalue weighted by molar-refractivity contribution is -0.136. The number of methoxy groups -OCH3 is 1. The summed E-state index contributed by atoms with van der Waals surface area (Å²) in [5, 5.41) is 6.26. The number of aromatic nitrogens is 1. The molecule has 2 aromatic rings. The van der Waals surface area contributed by atoms with Crippen LogP contribution in [0.2, 0.25) is 0 Å². The molecule has 0 unspecified atom stereocenters. The number of nitrogens with zero attached hydrogens (tertiary/aromatic N) is 1. The van der Waals surface area contributed by atoms with E-state index >= 15 is 0 Å². The molecular formula is C20H26Cl2FN3O3. The van der Waals surface area contributed by atoms with Crippen molar-refractivity contribution in [2.24, 2.45) is 5.41 Å². The second-order valence-corrected chi connectivity index (χ2v) is 6.67. The molecule has 9 heteroatoms. The number of amides is 1. The van der Waals surface area contributed by atoms with Gasteiger partial charge in [0, 0.05) is 31.5 Å². The molecule has 3 rings (SSSR count). The summed E-state index contributed by atoms with van der Waals surface area (Å²) in [6, 6.07) is 9.46. The lowest BCUT2D eigenvalue weighted by Crippen LogP contribution is -2.50. The highest BCUT2D eigenvalue weighted by Gasteiger charge is 2.39. The van der Waals surface area contributed by atoms with Crippen LogP contribution in [0.15, 0.2) is 42.6 Å². The molecule has 29 heavy (non-hydrogen) atoms. The molecule has 0 saturated carbocycles. The van der Waals surface area contributed by atoms with Crippen molar-refractivity contribution in [3.63, 3.8) is 0 Å². The van der Waals surface area contributed by atoms with Crippen molar-refractivity contribution in [1.29, 1.82) is 0 Å². The van der Waals surface area contributed by atoms with Gasteiger partial charge in [-0.05, 0) is 44.1 Å². The van der Waals surface area contributed by atoms with Gasteiger partial charge >= 0.3 is 0 Å². The van der Waals surface area contributed by atoms with E-state index in [4.69, 9.17) is 9.47 Å². The Bertz CT molecular complexity index is 784. The average molecular weight is 446 g/mol. The van der Waals surface area contributed by atoms with Crippen LogP contribution < -0.4 is 15.4 Å². The van der Waals surface area contributed by atoms with E-state index in [-0.39, 0.29) is 43.1 Å². The average Bonchev–Trinajstić information content (AvgIpc) is 2.68. The maximum absolute atomic E-state index is 13.4. The summed E-state index contributed by atoms with van der Waals surface area (Å²) < 4.78 is 24.4. The second kappa shape index (κ2) is 11.9. The number of hydrogen-bond acceptors (Lipinski definition) is 5. The van der Waals surface area contributed by atoms with Crippen molar-refractivity contribution in [3.8, 4) is 11.6 Å². The minimum absolute atomic E-state index is 0. The normalized spacial score (nSPS) is 14.8. The van der Waals surface area contributed by atoms with E-state index < -0.39 is 5.41 Å². The van der Waals surface area contributed by atoms with Crippen LogP contribution in [0.25, 0.3) is 0 Å². The topological polar surface area (TPSA) is 72.5 Å². The largest absolute Gasteiger partial charge is 0.439 e. The molecule has 0 aliphatic carbocycles. The molecule has 0 atom stereocenters. The molecule has 0 bridgehead atoms. The summed E-state index contributed by atoms with van der Waals surface area (Å²) in [4.78, 5) is 17.1. The number of carbonyl (C=O) groups excluding carboxylic acids is 1. The number of piperidine rings is 1. The van der Waals surface area contributed by atoms with Crippen LogP contribution in [0.5, 0.6) is 11.6 Å². The molecule has 6 nitrogen and oxygen atoms in total. The maximum atomic E-state index is 13.4. The highest BCUT2D eigenvalue weighted by Crippen LogP contribution is 2.30. The van der Waals surface area contributed by atoms with Crippen molar-refractivity contribution in [3.05, 3.63) is 54.0 Å². The Balaban J connectivity index is 0.00000210. The zero-order valence-corrected chi connectivity index (χ0v) is 17.8. The fraction of sp³-hybridized carbons (Fsp3) is 0.400. The highest BCUT2D eigenvalue weighted by molar-refractivity contribution is 5.85. The molecule has 0 radical (unpaired) electrons. The molecule has 1 amide bonds. The quantitative estimate of drug-likeness (QED) is 0.682. The Morgan fingerprint density at radius 2 is 2.00 bits per heavy atom. The first-order valence-electron chi connectivity index (χ1n) is 8.98. The third kappa shape index (κ3) is 6.54. The monoisotopic (exact) mass is 445 g/mol. The third-order valence-electron chi connectivity index (χ3n) is 4.76. The van der Waals surface area contributed by atoms with Gasteiger partial charge in [0.1, 0.15) is 11.6 Å². The maximum Gasteiger partial charge on any atom is 0.228 e. The van der Waals surface area contributed by atoms with Crippen molar-refractivity contribution in [2.75, 3.05) is 26.8 Å². The van der Waals surface area contributed by atoms with Gasteiger partial charge in [0.25, 0.3) is 0 Å². The Kier molecular flexibility index (Phi) is 10.3. The van der Waals surface area contributed by atoms with Crippen molar-refractivity contribution >= 4 is 30.7 Å². The van der Waals surface area contributed by atoms with Crippen molar-refractivity contribution in [1.82, 2.24) is 15.6 Å². The van der Waals surface area contributed by atoms with Gasteiger partial charge in [-0.3, -0.25) is 4.79 Å². The number of ether oxygens (including phenoxy) is 2. The van der Waals surface area contributed by atoms with E-state index in [9.17, 15) is 9.18 Å². The van der Waals surface area contributed by atoms with Gasteiger partial charge in [-0.15, -0.1) is 24.8 Å². The molecule has 0 spiro atoms. The summed E-state index contributed by atoms with van der Waals surface area (Å²) in [7, 11) is 1.61. The van der Waals surface area contributed by atoms with E-state index in [1.165, 1.54) is 12.1 Å². The SMILES string of the molecule is COCC1(C(=O)NCc2cccnc2Oc2cccc(F)c2)CCNCC1.Cl.Cl. The summed E-state index contributed by atoms with van der Waals surface area (Å²) in [5.41, 5.74) is 0.197. The lowest BCUT2D eigenvalue weighted by atomic mass is 9.78. The van der Waals surface area contributed by atoms with Crippen molar-refractivity contribution in [2.45, 2.75) is 19.4 Å². The van der Waals surface area contributed by atoms with Gasteiger partial charge in [0.15, 0.2) is 0 Å². The fourth-order valence-electron chi connectivity index (χ4n) is 3.27. The van der Waals surface area contributed by atoms with Gasteiger partial charge in [-0.2, -0.15) is 0 Å². The van der Waals surface area contributed by atoms with Crippen LogP contribution in [0.3, 0.4) is 0 Å². The van der Waals surface area contributed by atoms with Crippen LogP contribution in [0, 0.1) is 11.2 Å². The first-order chi connectivity index (χ1) is 13.1. The van der Waals surface area contributed by atoms with Crippen LogP contribution in [-0.2, 0) is 16.1 Å². The molecule has 1 aliphatic rings. The predicted octanol–water partition coefficient (Wildman–Crippen LogP) is 3.49. The van der Waals surface area contributed by atoms with E-state index in [0.717, 1.165) is 31.5 Å². The van der Waals surface area contributed by atoms with Gasteiger partial charge < -0.3 is 20.1 Å². The predicted molar refractivity (Wildman–Crippen MR) is 113 cm³/mol. The third-order valence-corrected chi connectivity index (χ3v) is 4.76. The molecule has 1 aromatic heterocycles. The molecular weight excluding hydrogens is 420 g/mol. The molecule has 1 fully saturated rings. The summed E-state index contributed by atoms with van der Waals surface area (Å²) in [5.74, 6) is 0.280. The Morgan fingerprint density at radius 3 is 2.69 bits per heavy atom. The van der Waals surface area contributed by atoms with Gasteiger partial charge in [0.2, 0.25) is 11.8 Å². The molecule has 2 N–H and O–H groups in total. The first-order valence-corrected chi connectivity index (χ1v) is 8.98. The van der Waals surface area contributed by atoms with Crippen LogP contribution in [-0.4, -0.2) is 37.7 Å². The minimum atomic E-state index is -0.522. The number of rotatable bonds is 7. The van der Waals surface area contributed by atoms with Crippen LogP contribution in [0.1, 0.15) is 18.4 Å². The second-order valence-electron chi connectivity index (χ2n) is 6.67. The van der Waals surface area contributed by atoms with Gasteiger partial charge in [-0.1, -0.05) is 12.1 Å². The number of benzene rings is 1. The zero-order chi connectivity index (χ0) is 19.1. The highest BCUT2D eigenvalue weighted by atomic mass is 35.5. The lowest BCUT2D eigenvalue weighted by Gasteiger charge is -2.35. The summed E-state index contributed by atoms with van der Waals surface area (Å²) >= 11 is 0. The molecule has 1 aromatic carbocycles. The van der Waals surface area contributed by atoms with E-state index in [2.05, 4.69) is 15.6 Å². The van der Waals surface area contributed by atoms with E-state index in [1.807, 2.05) is 6.07 Å². The van der Waals surface area contributed by atoms with Crippen molar-refractivity contribution < 1.29 is 18.7 Å². The molecule has 160 valence electrons. The molecule has 1 saturated heterocycles. The van der Waals surface area contributed by atoms with Crippen LogP contribution >= 0.6 is 24.8 Å². The molecule has 1 aliphatic heterocycles. The van der Waals surface area contributed by atoms with E-state index in [1.54, 1.807) is 31.5 Å². The van der Waals surface area contributed by atoms with E-state index in [0.29, 0.717) is 18.2 Å². The Morgan fingerprint density at radius 1 is 1.24 bits per heavy atom. The zero-order valence-electron chi connectivity index (χ0n) is 16.2. The first kappa shape index (κ1) is 25.1. The Labute approximate surface area is 182 Å². The fourth-order valence-corrected chi connectivity index (χ4v) is 3.27. The van der Waals surface area contributed by atoms with Gasteiger partial charge in [-0.25, -0.2) is 9.37 Å². The van der Waals surface area contributed by atoms with Crippen LogP contribution in [0.4, 0.5) is 4.39 Å². The standard InChI is InChI=1S/C20H24FN3O3.2ClH/c1-26-14-20(7-10-22-11-8-20)19(25)24-13-15-4-3-9-23-18(15)27-17-6-2-5-16(21)12-17;;/h2-6,9,12,22H,7-8,10-11,13-14H2,1H3,(H,24,25);2*1H. The summed E-state index contributed by atoms with van der Waals surface area (Å²) in [6.45, 7) is 2.24. The number of hydrogen-bond donors (Lipinski definition) is 2. The number of halogens is 3. The minimum Gasteiger partial charge on any atom is -0.439 e. The van der Waals surface area contributed by atoms with Gasteiger partial charge in [0.05, 0.1) is 12.0 Å². The number of pyridine rings is 1. The summed E-state index contributed by atoms with van der Waals surface area (Å²) in [6.07, 6.45) is 3.05. The Hall–Kier alpha value is -1.93. The number of carbonyl (C=O) groups is 1. The molecule has 2 heterocycles. The number of nitrogens with one attached hydrogen (secondary N) is 2.